The van der Waals surface area contributed by atoms with Gasteiger partial charge in [0.05, 0.1) is 33.9 Å². The molecule has 3 aromatic rings. The number of fused-ring (bicyclic) bond motifs is 1. The number of benzene rings is 3. The first-order chi connectivity index (χ1) is 16.2. The summed E-state index contributed by atoms with van der Waals surface area (Å²) in [7, 11) is -2.79. The molecule has 10 heteroatoms. The Kier molecular flexibility index (Phi) is 6.54. The lowest BCUT2D eigenvalue weighted by molar-refractivity contribution is -0.112. The van der Waals surface area contributed by atoms with E-state index in [0.29, 0.717) is 20.9 Å². The lowest BCUT2D eigenvalue weighted by atomic mass is 10.1. The van der Waals surface area contributed by atoms with Gasteiger partial charge < -0.3 is 10.1 Å². The SMILES string of the molecule is COC(=O)c1ccc(/C=C2/Sc3ccc(S(=O)(=O)Cc4c(F)cccc4F)cc3NC2=O)cc1. The van der Waals surface area contributed by atoms with Crippen molar-refractivity contribution in [3.63, 3.8) is 0 Å². The number of carbonyl (C=O) groups excluding carboxylic acids is 2. The summed E-state index contributed by atoms with van der Waals surface area (Å²) in [4.78, 5) is 25.0. The minimum absolute atomic E-state index is 0.166. The van der Waals surface area contributed by atoms with Gasteiger partial charge in [0.2, 0.25) is 0 Å². The minimum atomic E-state index is -4.08. The normalized spacial score (nSPS) is 14.4. The molecule has 6 nitrogen and oxygen atoms in total. The second-order valence-corrected chi connectivity index (χ2v) is 10.4. The molecule has 1 aliphatic heterocycles. The van der Waals surface area contributed by atoms with E-state index in [1.54, 1.807) is 30.3 Å². The third-order valence-electron chi connectivity index (χ3n) is 5.03. The summed E-state index contributed by atoms with van der Waals surface area (Å²) in [5.74, 6) is -3.65. The molecule has 0 aliphatic carbocycles. The summed E-state index contributed by atoms with van der Waals surface area (Å²) in [6.45, 7) is 0. The molecule has 34 heavy (non-hydrogen) atoms. The molecule has 4 rings (SSSR count). The van der Waals surface area contributed by atoms with E-state index in [-0.39, 0.29) is 10.6 Å². The maximum atomic E-state index is 13.9. The summed E-state index contributed by atoms with van der Waals surface area (Å²) >= 11 is 1.15. The van der Waals surface area contributed by atoms with Crippen LogP contribution in [0.2, 0.25) is 0 Å². The maximum absolute atomic E-state index is 13.9. The Morgan fingerprint density at radius 2 is 1.74 bits per heavy atom. The molecule has 0 saturated carbocycles. The van der Waals surface area contributed by atoms with Crippen LogP contribution in [0.25, 0.3) is 6.08 Å². The first kappa shape index (κ1) is 23.7. The molecule has 0 spiro atoms. The molecule has 0 radical (unpaired) electrons. The molecule has 1 N–H and O–H groups in total. The van der Waals surface area contributed by atoms with Crippen molar-refractivity contribution in [1.29, 1.82) is 0 Å². The van der Waals surface area contributed by atoms with Gasteiger partial charge in [-0.15, -0.1) is 0 Å². The Hall–Kier alpha value is -3.50. The number of sulfone groups is 1. The predicted octanol–water partition coefficient (Wildman–Crippen LogP) is 4.81. The van der Waals surface area contributed by atoms with E-state index in [9.17, 15) is 26.8 Å². The summed E-state index contributed by atoms with van der Waals surface area (Å²) in [6.07, 6.45) is 1.63. The number of hydrogen-bond acceptors (Lipinski definition) is 6. The number of amides is 1. The van der Waals surface area contributed by atoms with E-state index in [2.05, 4.69) is 10.1 Å². The third kappa shape index (κ3) is 4.87. The fourth-order valence-corrected chi connectivity index (χ4v) is 5.59. The van der Waals surface area contributed by atoms with Crippen molar-refractivity contribution in [2.24, 2.45) is 0 Å². The van der Waals surface area contributed by atoms with Crippen LogP contribution in [0.1, 0.15) is 21.5 Å². The van der Waals surface area contributed by atoms with Crippen LogP contribution in [-0.4, -0.2) is 27.4 Å². The topological polar surface area (TPSA) is 89.5 Å². The van der Waals surface area contributed by atoms with Crippen LogP contribution in [0.3, 0.4) is 0 Å². The quantitative estimate of drug-likeness (QED) is 0.399. The van der Waals surface area contributed by atoms with E-state index in [1.807, 2.05) is 0 Å². The lowest BCUT2D eigenvalue weighted by Gasteiger charge is -2.19. The smallest absolute Gasteiger partial charge is 0.337 e. The van der Waals surface area contributed by atoms with E-state index < -0.39 is 44.7 Å². The summed E-state index contributed by atoms with van der Waals surface area (Å²) < 4.78 is 58.1. The van der Waals surface area contributed by atoms with Crippen LogP contribution >= 0.6 is 11.8 Å². The largest absolute Gasteiger partial charge is 0.465 e. The van der Waals surface area contributed by atoms with Crippen LogP contribution in [0.4, 0.5) is 14.5 Å². The lowest BCUT2D eigenvalue weighted by Crippen LogP contribution is -2.18. The number of halogens is 2. The van der Waals surface area contributed by atoms with Gasteiger partial charge in [0.1, 0.15) is 11.6 Å². The van der Waals surface area contributed by atoms with Gasteiger partial charge in [0.25, 0.3) is 5.91 Å². The molecular weight excluding hydrogens is 484 g/mol. The summed E-state index contributed by atoms with van der Waals surface area (Å²) in [6, 6.07) is 13.8. The van der Waals surface area contributed by atoms with Crippen molar-refractivity contribution >= 4 is 45.2 Å². The highest BCUT2D eigenvalue weighted by atomic mass is 32.2. The van der Waals surface area contributed by atoms with Crippen LogP contribution in [0.15, 0.2) is 75.4 Å². The Bertz CT molecular complexity index is 1410. The molecule has 0 unspecified atom stereocenters. The molecule has 0 fully saturated rings. The monoisotopic (exact) mass is 501 g/mol. The molecular formula is C24H17F2NO5S2. The third-order valence-corrected chi connectivity index (χ3v) is 7.77. The van der Waals surface area contributed by atoms with Gasteiger partial charge in [0.15, 0.2) is 9.84 Å². The molecule has 0 atom stereocenters. The number of anilines is 1. The molecule has 0 aromatic heterocycles. The number of methoxy groups -OCH3 is 1. The van der Waals surface area contributed by atoms with E-state index in [1.165, 1.54) is 25.3 Å². The van der Waals surface area contributed by atoms with Crippen LogP contribution in [-0.2, 0) is 25.1 Å². The molecule has 0 saturated heterocycles. The number of ether oxygens (including phenoxy) is 1. The van der Waals surface area contributed by atoms with E-state index >= 15 is 0 Å². The predicted molar refractivity (Wildman–Crippen MR) is 124 cm³/mol. The van der Waals surface area contributed by atoms with Crippen molar-refractivity contribution in [3.05, 3.63) is 93.9 Å². The molecule has 1 aliphatic rings. The van der Waals surface area contributed by atoms with Crippen molar-refractivity contribution in [2.75, 3.05) is 12.4 Å². The fraction of sp³-hybridized carbons (Fsp3) is 0.0833. The molecule has 1 amide bonds. The first-order valence-electron chi connectivity index (χ1n) is 9.87. The van der Waals surface area contributed by atoms with Gasteiger partial charge in [0, 0.05) is 10.5 Å². The zero-order valence-electron chi connectivity index (χ0n) is 17.7. The molecule has 0 bridgehead atoms. The maximum Gasteiger partial charge on any atom is 0.337 e. The zero-order chi connectivity index (χ0) is 24.5. The highest BCUT2D eigenvalue weighted by Gasteiger charge is 2.25. The second-order valence-electron chi connectivity index (χ2n) is 7.30. The van der Waals surface area contributed by atoms with Crippen molar-refractivity contribution in [3.8, 4) is 0 Å². The van der Waals surface area contributed by atoms with Gasteiger partial charge in [-0.05, 0) is 54.1 Å². The summed E-state index contributed by atoms with van der Waals surface area (Å²) in [5, 5.41) is 2.65. The van der Waals surface area contributed by atoms with Gasteiger partial charge in [-0.2, -0.15) is 0 Å². The molecule has 3 aromatic carbocycles. The average Bonchev–Trinajstić information content (AvgIpc) is 2.81. The van der Waals surface area contributed by atoms with Gasteiger partial charge in [-0.25, -0.2) is 22.0 Å². The van der Waals surface area contributed by atoms with Gasteiger partial charge in [-0.1, -0.05) is 30.0 Å². The highest BCUT2D eigenvalue weighted by molar-refractivity contribution is 8.04. The van der Waals surface area contributed by atoms with Gasteiger partial charge in [-0.3, -0.25) is 4.79 Å². The Morgan fingerprint density at radius 3 is 2.38 bits per heavy atom. The van der Waals surface area contributed by atoms with Crippen LogP contribution in [0.5, 0.6) is 0 Å². The number of rotatable bonds is 5. The zero-order valence-corrected chi connectivity index (χ0v) is 19.3. The number of esters is 1. The Morgan fingerprint density at radius 1 is 1.06 bits per heavy atom. The fourth-order valence-electron chi connectivity index (χ4n) is 3.26. The molecule has 1 heterocycles. The van der Waals surface area contributed by atoms with Crippen molar-refractivity contribution in [1.82, 2.24) is 0 Å². The van der Waals surface area contributed by atoms with Gasteiger partial charge >= 0.3 is 5.97 Å². The number of hydrogen-bond donors (Lipinski definition) is 1. The van der Waals surface area contributed by atoms with E-state index in [0.717, 1.165) is 30.0 Å². The molecule has 174 valence electrons. The van der Waals surface area contributed by atoms with Crippen LogP contribution in [0, 0.1) is 11.6 Å². The summed E-state index contributed by atoms with van der Waals surface area (Å²) in [5.41, 5.74) is 0.796. The second kappa shape index (κ2) is 9.40. The Labute approximate surface area is 198 Å². The average molecular weight is 502 g/mol. The minimum Gasteiger partial charge on any atom is -0.465 e. The number of thioether (sulfide) groups is 1. The highest BCUT2D eigenvalue weighted by Crippen LogP contribution is 2.40. The van der Waals surface area contributed by atoms with Crippen molar-refractivity contribution < 1.29 is 31.5 Å². The van der Waals surface area contributed by atoms with E-state index in [4.69, 9.17) is 0 Å². The Balaban J connectivity index is 1.58. The van der Waals surface area contributed by atoms with Crippen molar-refractivity contribution in [2.45, 2.75) is 15.5 Å². The standard InChI is InChI=1S/C24H17F2NO5S2/c1-32-24(29)15-7-5-14(6-8-15)11-22-23(28)27-20-12-16(9-10-21(20)33-22)34(30,31)13-17-18(25)3-2-4-19(17)26/h2-12H,13H2,1H3,(H,27,28)/b22-11+. The number of carbonyl (C=O) groups is 2. The number of nitrogens with one attached hydrogen (secondary N) is 1. The van der Waals surface area contributed by atoms with Crippen LogP contribution < -0.4 is 5.32 Å². The first-order valence-corrected chi connectivity index (χ1v) is 12.3.